The topological polar surface area (TPSA) is 78.0 Å². The second-order valence-corrected chi connectivity index (χ2v) is 3.25. The van der Waals surface area contributed by atoms with E-state index in [1.54, 1.807) is 6.33 Å². The van der Waals surface area contributed by atoms with E-state index in [9.17, 15) is 4.79 Å². The molecule has 1 aromatic rings. The highest BCUT2D eigenvalue weighted by atomic mass is 16.4. The van der Waals surface area contributed by atoms with Crippen LogP contribution in [-0.2, 0) is 11.2 Å². The summed E-state index contributed by atoms with van der Waals surface area (Å²) >= 11 is 0. The van der Waals surface area contributed by atoms with Crippen LogP contribution in [0.25, 0.3) is 0 Å². The minimum Gasteiger partial charge on any atom is -0.480 e. The molecular weight excluding hydrogens is 170 g/mol. The van der Waals surface area contributed by atoms with Crippen molar-refractivity contribution >= 4 is 5.97 Å². The van der Waals surface area contributed by atoms with Crippen LogP contribution in [0.2, 0.25) is 0 Å². The molecule has 0 saturated heterocycles. The van der Waals surface area contributed by atoms with Crippen LogP contribution in [0.1, 0.15) is 24.4 Å². The minimum atomic E-state index is -0.813. The average Bonchev–Trinajstić information content (AvgIpc) is 2.51. The summed E-state index contributed by atoms with van der Waals surface area (Å²) in [6, 6.07) is -0.487. The summed E-state index contributed by atoms with van der Waals surface area (Å²) < 4.78 is 0. The molecule has 1 aromatic heterocycles. The lowest BCUT2D eigenvalue weighted by molar-refractivity contribution is -0.139. The lowest BCUT2D eigenvalue weighted by atomic mass is 10.0. The minimum absolute atomic E-state index is 0.0103. The van der Waals surface area contributed by atoms with Gasteiger partial charge in [-0.1, -0.05) is 0 Å². The van der Waals surface area contributed by atoms with Gasteiger partial charge in [0.15, 0.2) is 0 Å². The van der Waals surface area contributed by atoms with Crippen molar-refractivity contribution < 1.29 is 9.90 Å². The molecule has 1 aliphatic heterocycles. The maximum absolute atomic E-state index is 10.7. The third-order valence-electron chi connectivity index (χ3n) is 2.32. The highest BCUT2D eigenvalue weighted by Crippen LogP contribution is 2.21. The fourth-order valence-corrected chi connectivity index (χ4v) is 1.67. The maximum atomic E-state index is 10.7. The third kappa shape index (κ3) is 1.31. The Labute approximate surface area is 75.2 Å². The molecule has 13 heavy (non-hydrogen) atoms. The number of imidazole rings is 1. The van der Waals surface area contributed by atoms with Crippen LogP contribution >= 0.6 is 0 Å². The van der Waals surface area contributed by atoms with Crippen LogP contribution in [0.5, 0.6) is 0 Å². The Balaban J connectivity index is 2.28. The number of H-pyrrole nitrogens is 1. The number of fused-ring (bicyclic) bond motifs is 1. The maximum Gasteiger partial charge on any atom is 0.321 e. The highest BCUT2D eigenvalue weighted by Gasteiger charge is 2.29. The molecule has 1 aliphatic rings. The van der Waals surface area contributed by atoms with Crippen molar-refractivity contribution in [2.75, 3.05) is 0 Å². The van der Waals surface area contributed by atoms with Crippen molar-refractivity contribution in [2.24, 2.45) is 0 Å². The van der Waals surface area contributed by atoms with Gasteiger partial charge in [-0.05, 0) is 6.92 Å². The van der Waals surface area contributed by atoms with Crippen molar-refractivity contribution in [3.63, 3.8) is 0 Å². The van der Waals surface area contributed by atoms with E-state index in [0.717, 1.165) is 11.4 Å². The first kappa shape index (κ1) is 8.25. The highest BCUT2D eigenvalue weighted by molar-refractivity contribution is 5.74. The molecule has 0 bridgehead atoms. The van der Waals surface area contributed by atoms with E-state index in [2.05, 4.69) is 15.3 Å². The number of nitrogens with zero attached hydrogens (tertiary/aromatic N) is 1. The second kappa shape index (κ2) is 2.85. The van der Waals surface area contributed by atoms with Gasteiger partial charge in [-0.15, -0.1) is 0 Å². The molecule has 5 heteroatoms. The number of hydrogen-bond donors (Lipinski definition) is 3. The van der Waals surface area contributed by atoms with Gasteiger partial charge in [0, 0.05) is 18.2 Å². The lowest BCUT2D eigenvalue weighted by Gasteiger charge is -2.24. The van der Waals surface area contributed by atoms with Gasteiger partial charge in [0.05, 0.1) is 12.0 Å². The zero-order valence-electron chi connectivity index (χ0n) is 7.24. The van der Waals surface area contributed by atoms with E-state index < -0.39 is 12.0 Å². The lowest BCUT2D eigenvalue weighted by Crippen LogP contribution is -2.43. The molecule has 0 amide bonds. The van der Waals surface area contributed by atoms with Gasteiger partial charge in [-0.3, -0.25) is 10.1 Å². The predicted octanol–water partition coefficient (Wildman–Crippen LogP) is 0.0696. The van der Waals surface area contributed by atoms with Gasteiger partial charge < -0.3 is 10.1 Å². The molecule has 5 nitrogen and oxygen atoms in total. The number of hydrogen-bond acceptors (Lipinski definition) is 3. The molecule has 2 heterocycles. The standard InChI is InChI=1S/C8H11N3O2/c1-4-7-5(9-3-10-7)2-6(11-4)8(12)13/h3-4,6,11H,2H2,1H3,(H,9,10)(H,12,13)/t4-,6-/m0/s1. The molecule has 0 aromatic carbocycles. The molecule has 0 spiro atoms. The number of carboxylic acids is 1. The SMILES string of the molecule is C[C@@H]1N[C@H](C(=O)O)Cc2[nH]cnc21. The molecule has 0 saturated carbocycles. The van der Waals surface area contributed by atoms with Crippen LogP contribution in [0.15, 0.2) is 6.33 Å². The van der Waals surface area contributed by atoms with Crippen molar-refractivity contribution in [3.8, 4) is 0 Å². The van der Waals surface area contributed by atoms with Gasteiger partial charge in [0.1, 0.15) is 6.04 Å². The fraction of sp³-hybridized carbons (Fsp3) is 0.500. The number of aromatic amines is 1. The van der Waals surface area contributed by atoms with E-state index in [1.807, 2.05) is 6.92 Å². The quantitative estimate of drug-likeness (QED) is 0.573. The molecule has 2 rings (SSSR count). The first-order valence-electron chi connectivity index (χ1n) is 4.19. The molecule has 3 N–H and O–H groups in total. The van der Waals surface area contributed by atoms with Gasteiger partial charge in [-0.2, -0.15) is 0 Å². The van der Waals surface area contributed by atoms with E-state index in [4.69, 9.17) is 5.11 Å². The summed E-state index contributed by atoms with van der Waals surface area (Å²) in [7, 11) is 0. The van der Waals surface area contributed by atoms with E-state index in [0.29, 0.717) is 6.42 Å². The van der Waals surface area contributed by atoms with E-state index in [-0.39, 0.29) is 6.04 Å². The number of aliphatic carboxylic acids is 1. The van der Waals surface area contributed by atoms with E-state index in [1.165, 1.54) is 0 Å². The summed E-state index contributed by atoms with van der Waals surface area (Å²) in [5.74, 6) is -0.813. The Kier molecular flexibility index (Phi) is 1.81. The molecule has 2 atom stereocenters. The fourth-order valence-electron chi connectivity index (χ4n) is 1.67. The summed E-state index contributed by atoms with van der Waals surface area (Å²) in [6.07, 6.45) is 2.09. The summed E-state index contributed by atoms with van der Waals surface area (Å²) in [5.41, 5.74) is 1.86. The van der Waals surface area contributed by atoms with Gasteiger partial charge in [0.2, 0.25) is 0 Å². The number of nitrogens with one attached hydrogen (secondary N) is 2. The number of carbonyl (C=O) groups is 1. The van der Waals surface area contributed by atoms with Crippen molar-refractivity contribution in [1.82, 2.24) is 15.3 Å². The molecule has 0 aliphatic carbocycles. The average molecular weight is 181 g/mol. The zero-order chi connectivity index (χ0) is 9.42. The Hall–Kier alpha value is -1.36. The Morgan fingerprint density at radius 1 is 1.77 bits per heavy atom. The van der Waals surface area contributed by atoms with Gasteiger partial charge >= 0.3 is 5.97 Å². The number of carboxylic acid groups (broad SMARTS) is 1. The van der Waals surface area contributed by atoms with Crippen LogP contribution in [0, 0.1) is 0 Å². The van der Waals surface area contributed by atoms with E-state index >= 15 is 0 Å². The summed E-state index contributed by atoms with van der Waals surface area (Å²) in [5, 5.41) is 11.8. The molecule has 0 radical (unpaired) electrons. The van der Waals surface area contributed by atoms with Gasteiger partial charge in [-0.25, -0.2) is 4.98 Å². The predicted molar refractivity (Wildman–Crippen MR) is 45.3 cm³/mol. The first-order chi connectivity index (χ1) is 6.18. The van der Waals surface area contributed by atoms with Crippen molar-refractivity contribution in [1.29, 1.82) is 0 Å². The number of rotatable bonds is 1. The first-order valence-corrected chi connectivity index (χ1v) is 4.19. The Bertz CT molecular complexity index is 334. The van der Waals surface area contributed by atoms with Gasteiger partial charge in [0.25, 0.3) is 0 Å². The molecule has 0 unspecified atom stereocenters. The van der Waals surface area contributed by atoms with Crippen LogP contribution in [0.4, 0.5) is 0 Å². The molecule has 70 valence electrons. The summed E-state index contributed by atoms with van der Waals surface area (Å²) in [6.45, 7) is 1.91. The monoisotopic (exact) mass is 181 g/mol. The largest absolute Gasteiger partial charge is 0.480 e. The second-order valence-electron chi connectivity index (χ2n) is 3.25. The normalized spacial score (nSPS) is 26.8. The molecule has 0 fully saturated rings. The van der Waals surface area contributed by atoms with Crippen LogP contribution in [0.3, 0.4) is 0 Å². The van der Waals surface area contributed by atoms with Crippen molar-refractivity contribution in [3.05, 3.63) is 17.7 Å². The Morgan fingerprint density at radius 3 is 3.23 bits per heavy atom. The smallest absolute Gasteiger partial charge is 0.321 e. The zero-order valence-corrected chi connectivity index (χ0v) is 7.24. The molecular formula is C8H11N3O2. The van der Waals surface area contributed by atoms with Crippen molar-refractivity contribution in [2.45, 2.75) is 25.4 Å². The van der Waals surface area contributed by atoms with Crippen LogP contribution < -0.4 is 5.32 Å². The van der Waals surface area contributed by atoms with Crippen LogP contribution in [-0.4, -0.2) is 27.1 Å². The summed E-state index contributed by atoms with van der Waals surface area (Å²) in [4.78, 5) is 17.8. The Morgan fingerprint density at radius 2 is 2.54 bits per heavy atom. The number of aromatic nitrogens is 2. The third-order valence-corrected chi connectivity index (χ3v) is 2.32.